The largest absolute Gasteiger partial charge is 0.486 e. The first kappa shape index (κ1) is 12.8. The summed E-state index contributed by atoms with van der Waals surface area (Å²) in [6.07, 6.45) is 0. The van der Waals surface area contributed by atoms with Crippen LogP contribution in [0.25, 0.3) is 0 Å². The zero-order valence-corrected chi connectivity index (χ0v) is 12.9. The van der Waals surface area contributed by atoms with E-state index in [0.29, 0.717) is 13.2 Å². The van der Waals surface area contributed by atoms with Gasteiger partial charge in [-0.1, -0.05) is 0 Å². The van der Waals surface area contributed by atoms with Crippen LogP contribution in [0, 0.1) is 6.92 Å². The molecule has 0 saturated heterocycles. The normalized spacial score (nSPS) is 13.4. The van der Waals surface area contributed by atoms with Crippen LogP contribution < -0.4 is 14.8 Å². The highest BCUT2D eigenvalue weighted by Crippen LogP contribution is 2.33. The molecule has 2 heterocycles. The summed E-state index contributed by atoms with van der Waals surface area (Å²) in [5.74, 6) is 1.64. The lowest BCUT2D eigenvalue weighted by Gasteiger charge is -2.19. The molecule has 0 atom stereocenters. The van der Waals surface area contributed by atoms with Crippen molar-refractivity contribution >= 4 is 33.0 Å². The van der Waals surface area contributed by atoms with E-state index < -0.39 is 0 Å². The summed E-state index contributed by atoms with van der Waals surface area (Å²) < 4.78 is 12.3. The number of nitrogens with one attached hydrogen (secondary N) is 1. The molecule has 19 heavy (non-hydrogen) atoms. The summed E-state index contributed by atoms with van der Waals surface area (Å²) in [5, 5.41) is 3.41. The van der Waals surface area contributed by atoms with Gasteiger partial charge in [0.1, 0.15) is 13.2 Å². The third kappa shape index (κ3) is 2.87. The Morgan fingerprint density at radius 2 is 2.00 bits per heavy atom. The number of anilines is 1. The maximum atomic E-state index is 5.57. The van der Waals surface area contributed by atoms with E-state index in [2.05, 4.69) is 34.2 Å². The molecule has 3 nitrogen and oxygen atoms in total. The quantitative estimate of drug-likeness (QED) is 0.908. The van der Waals surface area contributed by atoms with Crippen molar-refractivity contribution in [2.45, 2.75) is 13.5 Å². The number of halogens is 1. The summed E-state index contributed by atoms with van der Waals surface area (Å²) in [7, 11) is 0. The standard InChI is InChI=1S/C14H14BrNO2S/c1-9-12(15)7-11(19-9)8-16-10-2-3-13-14(6-10)18-5-4-17-13/h2-3,6-7,16H,4-5,8H2,1H3. The molecular formula is C14H14BrNO2S. The van der Waals surface area contributed by atoms with Crippen molar-refractivity contribution in [2.75, 3.05) is 18.5 Å². The van der Waals surface area contributed by atoms with E-state index >= 15 is 0 Å². The van der Waals surface area contributed by atoms with Crippen molar-refractivity contribution in [2.24, 2.45) is 0 Å². The van der Waals surface area contributed by atoms with E-state index in [1.165, 1.54) is 14.2 Å². The van der Waals surface area contributed by atoms with Crippen molar-refractivity contribution in [1.29, 1.82) is 0 Å². The minimum Gasteiger partial charge on any atom is -0.486 e. The highest BCUT2D eigenvalue weighted by atomic mass is 79.9. The molecule has 3 rings (SSSR count). The van der Waals surface area contributed by atoms with Gasteiger partial charge < -0.3 is 14.8 Å². The van der Waals surface area contributed by atoms with Gasteiger partial charge in [0.15, 0.2) is 11.5 Å². The fourth-order valence-corrected chi connectivity index (χ4v) is 3.49. The van der Waals surface area contributed by atoms with Gasteiger partial charge in [-0.25, -0.2) is 0 Å². The smallest absolute Gasteiger partial charge is 0.163 e. The lowest BCUT2D eigenvalue weighted by Crippen LogP contribution is -2.15. The zero-order valence-electron chi connectivity index (χ0n) is 10.5. The molecule has 1 aromatic carbocycles. The fraction of sp³-hybridized carbons (Fsp3) is 0.286. The molecule has 1 aliphatic rings. The van der Waals surface area contributed by atoms with E-state index in [1.54, 1.807) is 11.3 Å². The predicted molar refractivity (Wildman–Crippen MR) is 81.5 cm³/mol. The summed E-state index contributed by atoms with van der Waals surface area (Å²) >= 11 is 5.33. The molecule has 5 heteroatoms. The van der Waals surface area contributed by atoms with Crippen LogP contribution in [0.5, 0.6) is 11.5 Å². The molecule has 0 spiro atoms. The number of thiophene rings is 1. The average Bonchev–Trinajstić information content (AvgIpc) is 2.75. The monoisotopic (exact) mass is 339 g/mol. The first-order valence-corrected chi connectivity index (χ1v) is 7.71. The molecule has 0 bridgehead atoms. The van der Waals surface area contributed by atoms with Crippen LogP contribution in [0.4, 0.5) is 5.69 Å². The van der Waals surface area contributed by atoms with Crippen molar-refractivity contribution in [3.63, 3.8) is 0 Å². The van der Waals surface area contributed by atoms with Gasteiger partial charge in [-0.2, -0.15) is 0 Å². The first-order valence-electron chi connectivity index (χ1n) is 6.11. The zero-order chi connectivity index (χ0) is 13.2. The van der Waals surface area contributed by atoms with Crippen LogP contribution >= 0.6 is 27.3 Å². The second-order valence-electron chi connectivity index (χ2n) is 4.33. The number of hydrogen-bond acceptors (Lipinski definition) is 4. The molecule has 0 amide bonds. The van der Waals surface area contributed by atoms with E-state index in [4.69, 9.17) is 9.47 Å². The fourth-order valence-electron chi connectivity index (χ4n) is 1.95. The molecule has 1 N–H and O–H groups in total. The van der Waals surface area contributed by atoms with Gasteiger partial charge in [0.25, 0.3) is 0 Å². The van der Waals surface area contributed by atoms with Crippen molar-refractivity contribution in [3.05, 3.63) is 38.5 Å². The Morgan fingerprint density at radius 1 is 1.21 bits per heavy atom. The molecule has 100 valence electrons. The summed E-state index contributed by atoms with van der Waals surface area (Å²) in [5.41, 5.74) is 1.05. The maximum absolute atomic E-state index is 5.57. The Labute approximate surface area is 124 Å². The molecule has 0 unspecified atom stereocenters. The van der Waals surface area contributed by atoms with Gasteiger partial charge in [0.2, 0.25) is 0 Å². The van der Waals surface area contributed by atoms with Gasteiger partial charge in [0.05, 0.1) is 0 Å². The van der Waals surface area contributed by atoms with Gasteiger partial charge >= 0.3 is 0 Å². The SMILES string of the molecule is Cc1sc(CNc2ccc3c(c2)OCCO3)cc1Br. The van der Waals surface area contributed by atoms with Gasteiger partial charge in [-0.3, -0.25) is 0 Å². The summed E-state index contributed by atoms with van der Waals surface area (Å²) in [6.45, 7) is 4.18. The number of rotatable bonds is 3. The molecule has 1 aromatic heterocycles. The third-order valence-electron chi connectivity index (χ3n) is 2.92. The molecular weight excluding hydrogens is 326 g/mol. The summed E-state index contributed by atoms with van der Waals surface area (Å²) in [4.78, 5) is 2.61. The Balaban J connectivity index is 1.70. The Hall–Kier alpha value is -1.20. The van der Waals surface area contributed by atoms with E-state index in [0.717, 1.165) is 23.7 Å². The average molecular weight is 340 g/mol. The van der Waals surface area contributed by atoms with Gasteiger partial charge in [-0.15, -0.1) is 11.3 Å². The van der Waals surface area contributed by atoms with E-state index in [-0.39, 0.29) is 0 Å². The molecule has 1 aliphatic heterocycles. The number of benzene rings is 1. The highest BCUT2D eigenvalue weighted by molar-refractivity contribution is 9.10. The van der Waals surface area contributed by atoms with Crippen molar-refractivity contribution < 1.29 is 9.47 Å². The molecule has 2 aromatic rings. The second-order valence-corrected chi connectivity index (χ2v) is 6.52. The van der Waals surface area contributed by atoms with Crippen LogP contribution in [0.2, 0.25) is 0 Å². The van der Waals surface area contributed by atoms with Crippen molar-refractivity contribution in [3.8, 4) is 11.5 Å². The molecule has 0 aliphatic carbocycles. The van der Waals surface area contributed by atoms with Crippen LogP contribution in [0.1, 0.15) is 9.75 Å². The van der Waals surface area contributed by atoms with E-state index in [1.807, 2.05) is 18.2 Å². The molecule has 0 saturated carbocycles. The van der Waals surface area contributed by atoms with Crippen LogP contribution in [-0.4, -0.2) is 13.2 Å². The predicted octanol–water partition coefficient (Wildman–Crippen LogP) is 4.20. The number of aryl methyl sites for hydroxylation is 1. The highest BCUT2D eigenvalue weighted by Gasteiger charge is 2.11. The Bertz CT molecular complexity index is 578. The van der Waals surface area contributed by atoms with Crippen LogP contribution in [0.3, 0.4) is 0 Å². The molecule has 0 radical (unpaired) electrons. The van der Waals surface area contributed by atoms with E-state index in [9.17, 15) is 0 Å². The Kier molecular flexibility index (Phi) is 3.66. The Morgan fingerprint density at radius 3 is 2.74 bits per heavy atom. The number of hydrogen-bond donors (Lipinski definition) is 1. The van der Waals surface area contributed by atoms with Gasteiger partial charge in [0, 0.05) is 32.5 Å². The number of fused-ring (bicyclic) bond motifs is 1. The van der Waals surface area contributed by atoms with Crippen LogP contribution in [-0.2, 0) is 6.54 Å². The van der Waals surface area contributed by atoms with Crippen LogP contribution in [0.15, 0.2) is 28.7 Å². The second kappa shape index (κ2) is 5.43. The molecule has 0 fully saturated rings. The van der Waals surface area contributed by atoms with Crippen molar-refractivity contribution in [1.82, 2.24) is 0 Å². The lowest BCUT2D eigenvalue weighted by molar-refractivity contribution is 0.171. The third-order valence-corrected chi connectivity index (χ3v) is 5.05. The maximum Gasteiger partial charge on any atom is 0.163 e. The summed E-state index contributed by atoms with van der Waals surface area (Å²) in [6, 6.07) is 8.12. The lowest BCUT2D eigenvalue weighted by atomic mass is 10.2. The van der Waals surface area contributed by atoms with Gasteiger partial charge in [-0.05, 0) is 41.1 Å². The first-order chi connectivity index (χ1) is 9.22. The number of ether oxygens (including phenoxy) is 2. The minimum absolute atomic E-state index is 0.619. The topological polar surface area (TPSA) is 30.5 Å². The minimum atomic E-state index is 0.619.